The predicted molar refractivity (Wildman–Crippen MR) is 52.7 cm³/mol. The molecule has 0 aliphatic rings. The quantitative estimate of drug-likeness (QED) is 0.397. The van der Waals surface area contributed by atoms with E-state index >= 15 is 0 Å². The van der Waals surface area contributed by atoms with Gasteiger partial charge < -0.3 is 0 Å². The standard InChI is InChI=1S/C11H20/c1-3-5-7-9-11-10-8-6-4-2/h5,7,9,11H,3-4,6,8,10H2,1-2H3/b7-5?,11-9+. The van der Waals surface area contributed by atoms with Gasteiger partial charge >= 0.3 is 0 Å². The first kappa shape index (κ1) is 10.5. The Hall–Kier alpha value is -0.520. The minimum Gasteiger partial charge on any atom is -0.0848 e. The molecule has 0 fully saturated rings. The zero-order valence-electron chi connectivity index (χ0n) is 7.84. The van der Waals surface area contributed by atoms with E-state index in [2.05, 4.69) is 38.2 Å². The highest BCUT2D eigenvalue weighted by molar-refractivity contribution is 5.01. The predicted octanol–water partition coefficient (Wildman–Crippen LogP) is 4.09. The summed E-state index contributed by atoms with van der Waals surface area (Å²) < 4.78 is 0. The summed E-state index contributed by atoms with van der Waals surface area (Å²) in [7, 11) is 0. The molecule has 0 atom stereocenters. The molecule has 0 radical (unpaired) electrons. The van der Waals surface area contributed by atoms with Crippen LogP contribution in [0, 0.1) is 0 Å². The molecule has 0 aromatic rings. The summed E-state index contributed by atoms with van der Waals surface area (Å²) in [6.45, 7) is 4.39. The lowest BCUT2D eigenvalue weighted by Crippen LogP contribution is -1.69. The summed E-state index contributed by atoms with van der Waals surface area (Å²) in [5, 5.41) is 0. The van der Waals surface area contributed by atoms with Crippen molar-refractivity contribution in [3.63, 3.8) is 0 Å². The molecule has 0 rings (SSSR count). The van der Waals surface area contributed by atoms with Gasteiger partial charge in [-0.05, 0) is 19.3 Å². The number of unbranched alkanes of at least 4 members (excludes halogenated alkanes) is 3. The van der Waals surface area contributed by atoms with Crippen LogP contribution in [0.25, 0.3) is 0 Å². The maximum Gasteiger partial charge on any atom is -0.0348 e. The van der Waals surface area contributed by atoms with Crippen molar-refractivity contribution in [3.05, 3.63) is 24.3 Å². The Morgan fingerprint density at radius 2 is 1.64 bits per heavy atom. The Balaban J connectivity index is 3.09. The van der Waals surface area contributed by atoms with E-state index in [4.69, 9.17) is 0 Å². The Morgan fingerprint density at radius 3 is 2.27 bits per heavy atom. The maximum atomic E-state index is 2.25. The van der Waals surface area contributed by atoms with Gasteiger partial charge in [0.05, 0.1) is 0 Å². The van der Waals surface area contributed by atoms with Crippen molar-refractivity contribution < 1.29 is 0 Å². The van der Waals surface area contributed by atoms with Gasteiger partial charge in [0, 0.05) is 0 Å². The summed E-state index contributed by atoms with van der Waals surface area (Å²) in [4.78, 5) is 0. The smallest absolute Gasteiger partial charge is 0.0348 e. The zero-order chi connectivity index (χ0) is 8.36. The molecule has 0 saturated carbocycles. The number of allylic oxidation sites excluding steroid dienone is 4. The van der Waals surface area contributed by atoms with Gasteiger partial charge in [-0.3, -0.25) is 0 Å². The van der Waals surface area contributed by atoms with E-state index in [9.17, 15) is 0 Å². The minimum absolute atomic E-state index is 1.14. The van der Waals surface area contributed by atoms with Crippen molar-refractivity contribution in [1.82, 2.24) is 0 Å². The van der Waals surface area contributed by atoms with Crippen LogP contribution in [0.4, 0.5) is 0 Å². The molecule has 0 aliphatic heterocycles. The first-order valence-corrected chi connectivity index (χ1v) is 4.73. The maximum absolute atomic E-state index is 2.25. The molecule has 0 spiro atoms. The fraction of sp³-hybridized carbons (Fsp3) is 0.636. The van der Waals surface area contributed by atoms with Crippen molar-refractivity contribution in [3.8, 4) is 0 Å². The first-order valence-electron chi connectivity index (χ1n) is 4.73. The van der Waals surface area contributed by atoms with E-state index in [0.717, 1.165) is 6.42 Å². The second-order valence-electron chi connectivity index (χ2n) is 2.76. The largest absolute Gasteiger partial charge is 0.0848 e. The second kappa shape index (κ2) is 9.48. The molecule has 0 N–H and O–H groups in total. The van der Waals surface area contributed by atoms with Crippen LogP contribution in [0.5, 0.6) is 0 Å². The molecule has 64 valence electrons. The molecule has 0 saturated heterocycles. The van der Waals surface area contributed by atoms with E-state index in [0.29, 0.717) is 0 Å². The minimum atomic E-state index is 1.14. The first-order chi connectivity index (χ1) is 5.41. The Bertz CT molecular complexity index is 109. The second-order valence-corrected chi connectivity index (χ2v) is 2.76. The molecular formula is C11H20. The van der Waals surface area contributed by atoms with Gasteiger partial charge in [0.15, 0.2) is 0 Å². The van der Waals surface area contributed by atoms with E-state index < -0.39 is 0 Å². The van der Waals surface area contributed by atoms with Gasteiger partial charge in [-0.15, -0.1) is 0 Å². The van der Waals surface area contributed by atoms with Gasteiger partial charge in [-0.2, -0.15) is 0 Å². The molecule has 0 bridgehead atoms. The van der Waals surface area contributed by atoms with E-state index in [1.54, 1.807) is 0 Å². The fourth-order valence-electron chi connectivity index (χ4n) is 0.902. The van der Waals surface area contributed by atoms with E-state index in [1.165, 1.54) is 25.7 Å². The highest BCUT2D eigenvalue weighted by Gasteiger charge is 1.79. The number of hydrogen-bond donors (Lipinski definition) is 0. The molecule has 0 heteroatoms. The lowest BCUT2D eigenvalue weighted by Gasteiger charge is -1.89. The molecule has 0 unspecified atom stereocenters. The molecular weight excluding hydrogens is 132 g/mol. The van der Waals surface area contributed by atoms with Gasteiger partial charge in [0.2, 0.25) is 0 Å². The number of hydrogen-bond acceptors (Lipinski definition) is 0. The van der Waals surface area contributed by atoms with Crippen LogP contribution in [0.15, 0.2) is 24.3 Å². The summed E-state index contributed by atoms with van der Waals surface area (Å²) in [5.74, 6) is 0. The molecule has 0 heterocycles. The molecule has 0 nitrogen and oxygen atoms in total. The van der Waals surface area contributed by atoms with Crippen LogP contribution in [0.2, 0.25) is 0 Å². The third-order valence-electron chi connectivity index (χ3n) is 1.59. The fourth-order valence-corrected chi connectivity index (χ4v) is 0.902. The third kappa shape index (κ3) is 9.48. The van der Waals surface area contributed by atoms with Gasteiger partial charge in [0.25, 0.3) is 0 Å². The summed E-state index contributed by atoms with van der Waals surface area (Å²) >= 11 is 0. The van der Waals surface area contributed by atoms with Crippen LogP contribution in [0.3, 0.4) is 0 Å². The highest BCUT2D eigenvalue weighted by atomic mass is 13.9. The summed E-state index contributed by atoms with van der Waals surface area (Å²) in [5.41, 5.74) is 0. The van der Waals surface area contributed by atoms with Crippen LogP contribution >= 0.6 is 0 Å². The van der Waals surface area contributed by atoms with Crippen LogP contribution in [0.1, 0.15) is 46.0 Å². The van der Waals surface area contributed by atoms with Gasteiger partial charge in [0.1, 0.15) is 0 Å². The monoisotopic (exact) mass is 152 g/mol. The van der Waals surface area contributed by atoms with Crippen molar-refractivity contribution in [2.24, 2.45) is 0 Å². The van der Waals surface area contributed by atoms with E-state index in [1.807, 2.05) is 0 Å². The third-order valence-corrected chi connectivity index (χ3v) is 1.59. The van der Waals surface area contributed by atoms with Gasteiger partial charge in [-0.25, -0.2) is 0 Å². The highest BCUT2D eigenvalue weighted by Crippen LogP contribution is 1.99. The topological polar surface area (TPSA) is 0 Å². The normalized spacial score (nSPS) is 11.8. The average Bonchev–Trinajstić information content (AvgIpc) is 2.03. The number of rotatable bonds is 6. The SMILES string of the molecule is CCC=C/C=C/CCCCC. The molecule has 0 aromatic carbocycles. The molecule has 0 amide bonds. The van der Waals surface area contributed by atoms with Crippen LogP contribution < -0.4 is 0 Å². The van der Waals surface area contributed by atoms with E-state index in [-0.39, 0.29) is 0 Å². The lowest BCUT2D eigenvalue weighted by molar-refractivity contribution is 0.729. The Morgan fingerprint density at radius 1 is 0.909 bits per heavy atom. The van der Waals surface area contributed by atoms with Crippen molar-refractivity contribution in [1.29, 1.82) is 0 Å². The molecule has 0 aromatic heterocycles. The molecule has 11 heavy (non-hydrogen) atoms. The van der Waals surface area contributed by atoms with Crippen molar-refractivity contribution in [2.75, 3.05) is 0 Å². The van der Waals surface area contributed by atoms with Crippen LogP contribution in [-0.2, 0) is 0 Å². The van der Waals surface area contributed by atoms with Crippen molar-refractivity contribution in [2.45, 2.75) is 46.0 Å². The van der Waals surface area contributed by atoms with Gasteiger partial charge in [-0.1, -0.05) is 51.0 Å². The average molecular weight is 152 g/mol. The molecule has 0 aliphatic carbocycles. The lowest BCUT2D eigenvalue weighted by atomic mass is 10.2. The summed E-state index contributed by atoms with van der Waals surface area (Å²) in [6.07, 6.45) is 15.1. The Labute approximate surface area is 71.0 Å². The zero-order valence-corrected chi connectivity index (χ0v) is 7.84. The van der Waals surface area contributed by atoms with Crippen LogP contribution in [-0.4, -0.2) is 0 Å². The van der Waals surface area contributed by atoms with Crippen molar-refractivity contribution >= 4 is 0 Å². The summed E-state index contributed by atoms with van der Waals surface area (Å²) in [6, 6.07) is 0. The Kier molecular flexibility index (Phi) is 9.03.